The molecule has 0 N–H and O–H groups in total. The number of hydrogen-bond acceptors (Lipinski definition) is 8. The number of nitrogens with zero attached hydrogens (tertiary/aromatic N) is 8. The van der Waals surface area contributed by atoms with E-state index in [4.69, 9.17) is 4.74 Å². The summed E-state index contributed by atoms with van der Waals surface area (Å²) in [5.74, 6) is 1.78. The Labute approximate surface area is 170 Å². The molecule has 0 spiro atoms. The van der Waals surface area contributed by atoms with Crippen LogP contribution in [0.4, 0.5) is 19.0 Å². The highest BCUT2D eigenvalue weighted by Gasteiger charge is 2.30. The first-order chi connectivity index (χ1) is 14.4. The molecule has 0 atom stereocenters. The molecule has 1 saturated heterocycles. The van der Waals surface area contributed by atoms with Crippen molar-refractivity contribution in [2.75, 3.05) is 38.2 Å². The van der Waals surface area contributed by atoms with E-state index in [1.54, 1.807) is 19.5 Å². The molecule has 3 heterocycles. The second-order valence-corrected chi connectivity index (χ2v) is 6.73. The first-order valence-electron chi connectivity index (χ1n) is 9.22. The number of alkyl halides is 3. The van der Waals surface area contributed by atoms with Crippen LogP contribution < -0.4 is 9.64 Å². The lowest BCUT2D eigenvalue weighted by atomic mass is 10.2. The van der Waals surface area contributed by atoms with Crippen LogP contribution in [0.25, 0.3) is 5.69 Å². The third-order valence-corrected chi connectivity index (χ3v) is 4.84. The average molecular weight is 420 g/mol. The predicted octanol–water partition coefficient (Wildman–Crippen LogP) is 1.80. The zero-order valence-corrected chi connectivity index (χ0v) is 16.1. The largest absolute Gasteiger partial charge is 0.480 e. The van der Waals surface area contributed by atoms with Crippen molar-refractivity contribution in [1.82, 2.24) is 35.1 Å². The molecular weight excluding hydrogens is 401 g/mol. The van der Waals surface area contributed by atoms with Crippen LogP contribution in [0, 0.1) is 0 Å². The molecule has 4 rings (SSSR count). The molecule has 1 fully saturated rings. The van der Waals surface area contributed by atoms with E-state index in [0.717, 1.165) is 44.1 Å². The lowest BCUT2D eigenvalue weighted by Crippen LogP contribution is -2.46. The highest BCUT2D eigenvalue weighted by molar-refractivity contribution is 5.38. The molecule has 158 valence electrons. The van der Waals surface area contributed by atoms with Crippen molar-refractivity contribution < 1.29 is 17.9 Å². The molecular formula is C18H19F3N8O. The van der Waals surface area contributed by atoms with E-state index in [1.165, 1.54) is 16.8 Å². The van der Waals surface area contributed by atoms with Gasteiger partial charge in [0.05, 0.1) is 37.3 Å². The number of hydrogen-bond donors (Lipinski definition) is 0. The smallest absolute Gasteiger partial charge is 0.416 e. The second-order valence-electron chi connectivity index (χ2n) is 6.73. The van der Waals surface area contributed by atoms with Crippen LogP contribution in [0.15, 0.2) is 36.7 Å². The number of rotatable bonds is 5. The third kappa shape index (κ3) is 4.32. The van der Waals surface area contributed by atoms with Crippen molar-refractivity contribution in [3.63, 3.8) is 0 Å². The van der Waals surface area contributed by atoms with Gasteiger partial charge in [0.15, 0.2) is 11.6 Å². The molecule has 3 aromatic rings. The number of tetrazole rings is 1. The summed E-state index contributed by atoms with van der Waals surface area (Å²) in [5, 5.41) is 11.7. The van der Waals surface area contributed by atoms with Crippen LogP contribution in [-0.4, -0.2) is 68.4 Å². The van der Waals surface area contributed by atoms with E-state index in [0.29, 0.717) is 23.9 Å². The lowest BCUT2D eigenvalue weighted by Gasteiger charge is -2.34. The Morgan fingerprint density at radius 3 is 2.43 bits per heavy atom. The maximum atomic E-state index is 12.8. The zero-order valence-electron chi connectivity index (χ0n) is 16.1. The van der Waals surface area contributed by atoms with Crippen LogP contribution in [0.3, 0.4) is 0 Å². The average Bonchev–Trinajstić information content (AvgIpc) is 3.22. The van der Waals surface area contributed by atoms with Gasteiger partial charge in [-0.15, -0.1) is 5.10 Å². The molecule has 9 nitrogen and oxygen atoms in total. The molecule has 1 aliphatic heterocycles. The van der Waals surface area contributed by atoms with Crippen molar-refractivity contribution in [2.45, 2.75) is 12.7 Å². The zero-order chi connectivity index (χ0) is 21.1. The molecule has 0 bridgehead atoms. The Morgan fingerprint density at radius 2 is 1.77 bits per heavy atom. The summed E-state index contributed by atoms with van der Waals surface area (Å²) in [4.78, 5) is 12.8. The van der Waals surface area contributed by atoms with Crippen molar-refractivity contribution >= 4 is 5.82 Å². The van der Waals surface area contributed by atoms with Crippen LogP contribution in [0.2, 0.25) is 0 Å². The van der Waals surface area contributed by atoms with Gasteiger partial charge < -0.3 is 9.64 Å². The normalized spacial score (nSPS) is 15.4. The fourth-order valence-corrected chi connectivity index (χ4v) is 3.22. The quantitative estimate of drug-likeness (QED) is 0.618. The molecule has 2 aromatic heterocycles. The number of ether oxygens (including phenoxy) is 1. The van der Waals surface area contributed by atoms with Crippen molar-refractivity contribution in [3.05, 3.63) is 48.0 Å². The first kappa shape index (κ1) is 20.0. The van der Waals surface area contributed by atoms with Gasteiger partial charge in [-0.1, -0.05) is 0 Å². The summed E-state index contributed by atoms with van der Waals surface area (Å²) in [6.07, 6.45) is -1.13. The number of methoxy groups -OCH3 is 1. The molecule has 0 unspecified atom stereocenters. The van der Waals surface area contributed by atoms with Gasteiger partial charge in [-0.2, -0.15) is 22.8 Å². The topological polar surface area (TPSA) is 85.1 Å². The number of aromatic nitrogens is 6. The lowest BCUT2D eigenvalue weighted by molar-refractivity contribution is -0.137. The summed E-state index contributed by atoms with van der Waals surface area (Å²) in [7, 11) is 1.55. The summed E-state index contributed by atoms with van der Waals surface area (Å²) < 4.78 is 44.9. The Balaban J connectivity index is 1.40. The van der Waals surface area contributed by atoms with E-state index in [1.807, 2.05) is 0 Å². The second kappa shape index (κ2) is 8.22. The summed E-state index contributed by atoms with van der Waals surface area (Å²) in [6, 6.07) is 4.77. The Bertz CT molecular complexity index is 984. The Hall–Kier alpha value is -3.28. The standard InChI is InChI=1S/C18H19F3N8O/c1-30-17-11-22-10-15(23-17)28-8-6-27(7-9-28)12-16-24-25-26-29(16)14-4-2-13(3-5-14)18(19,20)21/h2-5,10-11H,6-9,12H2,1H3. The minimum Gasteiger partial charge on any atom is -0.480 e. The van der Waals surface area contributed by atoms with Crippen molar-refractivity contribution in [1.29, 1.82) is 0 Å². The van der Waals surface area contributed by atoms with Crippen LogP contribution in [0.5, 0.6) is 5.88 Å². The van der Waals surface area contributed by atoms with Crippen LogP contribution in [0.1, 0.15) is 11.4 Å². The maximum Gasteiger partial charge on any atom is 0.416 e. The fourth-order valence-electron chi connectivity index (χ4n) is 3.22. The molecule has 0 amide bonds. The minimum atomic E-state index is -4.38. The monoisotopic (exact) mass is 420 g/mol. The van der Waals surface area contributed by atoms with E-state index >= 15 is 0 Å². The highest BCUT2D eigenvalue weighted by Crippen LogP contribution is 2.29. The van der Waals surface area contributed by atoms with Gasteiger partial charge in [0.2, 0.25) is 5.88 Å². The van der Waals surface area contributed by atoms with Gasteiger partial charge in [0.1, 0.15) is 0 Å². The molecule has 30 heavy (non-hydrogen) atoms. The van der Waals surface area contributed by atoms with Crippen molar-refractivity contribution in [3.8, 4) is 11.6 Å². The molecule has 1 aliphatic rings. The summed E-state index contributed by atoms with van der Waals surface area (Å²) in [5.41, 5.74) is -0.231. The maximum absolute atomic E-state index is 12.8. The van der Waals surface area contributed by atoms with Gasteiger partial charge in [-0.3, -0.25) is 9.88 Å². The van der Waals surface area contributed by atoms with Gasteiger partial charge in [0.25, 0.3) is 0 Å². The van der Waals surface area contributed by atoms with E-state index in [-0.39, 0.29) is 0 Å². The Kier molecular flexibility index (Phi) is 5.48. The first-order valence-corrected chi connectivity index (χ1v) is 9.22. The molecule has 0 aliphatic carbocycles. The number of anilines is 1. The molecule has 0 saturated carbocycles. The van der Waals surface area contributed by atoms with Gasteiger partial charge in [0, 0.05) is 26.2 Å². The van der Waals surface area contributed by atoms with Gasteiger partial charge in [-0.05, 0) is 34.7 Å². The SMILES string of the molecule is COc1cncc(N2CCN(Cc3nnnn3-c3ccc(C(F)(F)F)cc3)CC2)n1. The van der Waals surface area contributed by atoms with E-state index in [2.05, 4.69) is 35.3 Å². The highest BCUT2D eigenvalue weighted by atomic mass is 19.4. The van der Waals surface area contributed by atoms with Crippen LogP contribution >= 0.6 is 0 Å². The van der Waals surface area contributed by atoms with E-state index in [9.17, 15) is 13.2 Å². The number of benzene rings is 1. The molecule has 0 radical (unpaired) electrons. The Morgan fingerprint density at radius 1 is 1.03 bits per heavy atom. The number of halogens is 3. The van der Waals surface area contributed by atoms with Crippen LogP contribution in [-0.2, 0) is 12.7 Å². The minimum absolute atomic E-state index is 0.464. The summed E-state index contributed by atoms with van der Waals surface area (Å²) >= 11 is 0. The number of piperazine rings is 1. The van der Waals surface area contributed by atoms with Crippen molar-refractivity contribution in [2.24, 2.45) is 0 Å². The predicted molar refractivity (Wildman–Crippen MR) is 100 cm³/mol. The third-order valence-electron chi connectivity index (χ3n) is 4.84. The fraction of sp³-hybridized carbons (Fsp3) is 0.389. The molecule has 1 aromatic carbocycles. The molecule has 12 heteroatoms. The van der Waals surface area contributed by atoms with Gasteiger partial charge in [-0.25, -0.2) is 0 Å². The van der Waals surface area contributed by atoms with Gasteiger partial charge >= 0.3 is 6.18 Å². The van der Waals surface area contributed by atoms with E-state index < -0.39 is 11.7 Å². The summed E-state index contributed by atoms with van der Waals surface area (Å²) in [6.45, 7) is 3.45.